The average molecular weight is 325 g/mol. The summed E-state index contributed by atoms with van der Waals surface area (Å²) in [5.41, 5.74) is 2.90. The van der Waals surface area contributed by atoms with Crippen LogP contribution in [0, 0.1) is 0 Å². The van der Waals surface area contributed by atoms with Gasteiger partial charge >= 0.3 is 0 Å². The van der Waals surface area contributed by atoms with Crippen LogP contribution in [0.25, 0.3) is 0 Å². The largest absolute Gasteiger partial charge is 0.312 e. The van der Waals surface area contributed by atoms with Crippen molar-refractivity contribution in [2.45, 2.75) is 25.9 Å². The van der Waals surface area contributed by atoms with Crippen molar-refractivity contribution in [3.05, 3.63) is 35.4 Å². The van der Waals surface area contributed by atoms with Gasteiger partial charge in [0.2, 0.25) is 10.0 Å². The molecule has 22 heavy (non-hydrogen) atoms. The van der Waals surface area contributed by atoms with Crippen molar-refractivity contribution in [3.63, 3.8) is 0 Å². The van der Waals surface area contributed by atoms with Gasteiger partial charge in [0, 0.05) is 45.8 Å². The summed E-state index contributed by atoms with van der Waals surface area (Å²) in [4.78, 5) is 2.46. The van der Waals surface area contributed by atoms with Crippen LogP contribution >= 0.6 is 0 Å². The summed E-state index contributed by atoms with van der Waals surface area (Å²) in [5.74, 6) is 0. The zero-order valence-corrected chi connectivity index (χ0v) is 14.6. The summed E-state index contributed by atoms with van der Waals surface area (Å²) >= 11 is 0. The Hall–Kier alpha value is -0.950. The minimum absolute atomic E-state index is 0.346. The molecular formula is C16H27N3O2S. The SMILES string of the molecule is C[C@H](CN1CCc2ccccc2C1)NCCN(C)S(C)(=O)=O. The number of nitrogens with one attached hydrogen (secondary N) is 1. The van der Waals surface area contributed by atoms with Gasteiger partial charge in [-0.25, -0.2) is 12.7 Å². The Balaban J connectivity index is 1.73. The molecule has 0 bridgehead atoms. The molecule has 1 aliphatic heterocycles. The Bertz CT molecular complexity index is 589. The summed E-state index contributed by atoms with van der Waals surface area (Å²) in [6.45, 7) is 6.41. The van der Waals surface area contributed by atoms with Crippen LogP contribution in [-0.2, 0) is 23.0 Å². The molecule has 0 aromatic heterocycles. The number of likely N-dealkylation sites (N-methyl/N-ethyl adjacent to an activating group) is 1. The zero-order chi connectivity index (χ0) is 16.2. The van der Waals surface area contributed by atoms with Crippen molar-refractivity contribution >= 4 is 10.0 Å². The second-order valence-electron chi connectivity index (χ2n) is 6.19. The van der Waals surface area contributed by atoms with E-state index < -0.39 is 10.0 Å². The molecule has 1 aliphatic rings. The van der Waals surface area contributed by atoms with Crippen LogP contribution in [-0.4, -0.2) is 63.1 Å². The Morgan fingerprint density at radius 2 is 2.00 bits per heavy atom. The molecule has 0 unspecified atom stereocenters. The minimum Gasteiger partial charge on any atom is -0.312 e. The molecule has 0 saturated heterocycles. The maximum Gasteiger partial charge on any atom is 0.210 e. The predicted molar refractivity (Wildman–Crippen MR) is 90.4 cm³/mol. The fourth-order valence-corrected chi connectivity index (χ4v) is 3.22. The second-order valence-corrected chi connectivity index (χ2v) is 8.28. The first-order valence-corrected chi connectivity index (χ1v) is 9.65. The number of fused-ring (bicyclic) bond motifs is 1. The highest BCUT2D eigenvalue weighted by Crippen LogP contribution is 2.18. The lowest BCUT2D eigenvalue weighted by Crippen LogP contribution is -2.43. The minimum atomic E-state index is -3.08. The topological polar surface area (TPSA) is 52.6 Å². The highest BCUT2D eigenvalue weighted by molar-refractivity contribution is 7.88. The molecule has 0 saturated carbocycles. The number of benzene rings is 1. The van der Waals surface area contributed by atoms with Crippen LogP contribution in [0.2, 0.25) is 0 Å². The maximum absolute atomic E-state index is 11.3. The summed E-state index contributed by atoms with van der Waals surface area (Å²) in [5, 5.41) is 3.41. The first-order valence-electron chi connectivity index (χ1n) is 7.80. The summed E-state index contributed by atoms with van der Waals surface area (Å²) in [6, 6.07) is 8.98. The average Bonchev–Trinajstić information content (AvgIpc) is 2.46. The molecule has 0 amide bonds. The normalized spacial score (nSPS) is 17.5. The number of hydrogen-bond acceptors (Lipinski definition) is 4. The molecular weight excluding hydrogens is 298 g/mol. The maximum atomic E-state index is 11.3. The second kappa shape index (κ2) is 7.55. The van der Waals surface area contributed by atoms with Gasteiger partial charge in [-0.1, -0.05) is 24.3 Å². The molecule has 6 heteroatoms. The number of nitrogens with zero attached hydrogens (tertiary/aromatic N) is 2. The predicted octanol–water partition coefficient (Wildman–Crippen LogP) is 0.914. The van der Waals surface area contributed by atoms with E-state index >= 15 is 0 Å². The van der Waals surface area contributed by atoms with Crippen molar-refractivity contribution in [1.29, 1.82) is 0 Å². The van der Waals surface area contributed by atoms with Crippen LogP contribution in [0.3, 0.4) is 0 Å². The molecule has 0 radical (unpaired) electrons. The lowest BCUT2D eigenvalue weighted by molar-refractivity contribution is 0.229. The van der Waals surface area contributed by atoms with Gasteiger partial charge in [0.25, 0.3) is 0 Å². The zero-order valence-electron chi connectivity index (χ0n) is 13.7. The highest BCUT2D eigenvalue weighted by Gasteiger charge is 2.17. The van der Waals surface area contributed by atoms with E-state index in [1.54, 1.807) is 7.05 Å². The van der Waals surface area contributed by atoms with E-state index in [4.69, 9.17) is 0 Å². The van der Waals surface area contributed by atoms with E-state index in [0.717, 1.165) is 26.1 Å². The molecule has 1 heterocycles. The van der Waals surface area contributed by atoms with Crippen LogP contribution in [0.15, 0.2) is 24.3 Å². The number of sulfonamides is 1. The van der Waals surface area contributed by atoms with Gasteiger partial charge in [0.15, 0.2) is 0 Å². The summed E-state index contributed by atoms with van der Waals surface area (Å²) in [6.07, 6.45) is 2.35. The summed E-state index contributed by atoms with van der Waals surface area (Å²) in [7, 11) is -1.46. The van der Waals surface area contributed by atoms with Gasteiger partial charge in [-0.05, 0) is 24.5 Å². The van der Waals surface area contributed by atoms with Gasteiger partial charge in [-0.3, -0.25) is 4.90 Å². The van der Waals surface area contributed by atoms with Crippen LogP contribution in [0.1, 0.15) is 18.1 Å². The van der Waals surface area contributed by atoms with Crippen molar-refractivity contribution in [3.8, 4) is 0 Å². The molecule has 1 aromatic rings. The Labute approximate surface area is 134 Å². The molecule has 1 aromatic carbocycles. The van der Waals surface area contributed by atoms with E-state index in [1.807, 2.05) is 0 Å². The van der Waals surface area contributed by atoms with Crippen LogP contribution in [0.5, 0.6) is 0 Å². The highest BCUT2D eigenvalue weighted by atomic mass is 32.2. The molecule has 0 fully saturated rings. The Morgan fingerprint density at radius 1 is 1.32 bits per heavy atom. The molecule has 0 aliphatic carbocycles. The molecule has 0 spiro atoms. The first-order chi connectivity index (χ1) is 10.4. The van der Waals surface area contributed by atoms with E-state index in [1.165, 1.54) is 21.7 Å². The van der Waals surface area contributed by atoms with Gasteiger partial charge in [0.05, 0.1) is 6.26 Å². The van der Waals surface area contributed by atoms with Gasteiger partial charge < -0.3 is 5.32 Å². The third kappa shape index (κ3) is 5.05. The lowest BCUT2D eigenvalue weighted by atomic mass is 10.00. The van der Waals surface area contributed by atoms with Crippen molar-refractivity contribution in [2.75, 3.05) is 39.5 Å². The quantitative estimate of drug-likeness (QED) is 0.810. The molecule has 1 N–H and O–H groups in total. The number of hydrogen-bond donors (Lipinski definition) is 1. The fraction of sp³-hybridized carbons (Fsp3) is 0.625. The van der Waals surface area contributed by atoms with E-state index in [9.17, 15) is 8.42 Å². The van der Waals surface area contributed by atoms with E-state index in [2.05, 4.69) is 41.4 Å². The molecule has 2 rings (SSSR count). The molecule has 5 nitrogen and oxygen atoms in total. The lowest BCUT2D eigenvalue weighted by Gasteiger charge is -2.31. The number of rotatable bonds is 7. The Morgan fingerprint density at radius 3 is 2.68 bits per heavy atom. The fourth-order valence-electron chi connectivity index (χ4n) is 2.80. The standard InChI is InChI=1S/C16H27N3O2S/c1-14(17-9-11-18(2)22(3,20)21)12-19-10-8-15-6-4-5-7-16(15)13-19/h4-7,14,17H,8-13H2,1-3H3/t14-/m1/s1. The van der Waals surface area contributed by atoms with Crippen LogP contribution < -0.4 is 5.32 Å². The monoisotopic (exact) mass is 325 g/mol. The van der Waals surface area contributed by atoms with Gasteiger partial charge in [-0.15, -0.1) is 0 Å². The van der Waals surface area contributed by atoms with Crippen LogP contribution in [0.4, 0.5) is 0 Å². The van der Waals surface area contributed by atoms with Gasteiger partial charge in [-0.2, -0.15) is 0 Å². The summed E-state index contributed by atoms with van der Waals surface area (Å²) < 4.78 is 24.0. The van der Waals surface area contributed by atoms with Crippen molar-refractivity contribution in [1.82, 2.24) is 14.5 Å². The van der Waals surface area contributed by atoms with E-state index in [-0.39, 0.29) is 0 Å². The Kier molecular flexibility index (Phi) is 5.97. The van der Waals surface area contributed by atoms with Crippen molar-refractivity contribution < 1.29 is 8.42 Å². The van der Waals surface area contributed by atoms with E-state index in [0.29, 0.717) is 19.1 Å². The molecule has 124 valence electrons. The third-order valence-electron chi connectivity index (χ3n) is 4.23. The van der Waals surface area contributed by atoms with Gasteiger partial charge in [0.1, 0.15) is 0 Å². The van der Waals surface area contributed by atoms with Crippen molar-refractivity contribution in [2.24, 2.45) is 0 Å². The molecule has 1 atom stereocenters. The smallest absolute Gasteiger partial charge is 0.210 e. The third-order valence-corrected chi connectivity index (χ3v) is 5.54. The first kappa shape index (κ1) is 17.4.